The highest BCUT2D eigenvalue weighted by atomic mass is 16.3. The van der Waals surface area contributed by atoms with Gasteiger partial charge in [0.1, 0.15) is 5.52 Å². The van der Waals surface area contributed by atoms with Gasteiger partial charge in [-0.2, -0.15) is 0 Å². The summed E-state index contributed by atoms with van der Waals surface area (Å²) in [7, 11) is 0. The number of nitrogens with two attached hydrogens (primary N) is 1. The van der Waals surface area contributed by atoms with Gasteiger partial charge in [0.05, 0.1) is 0 Å². The number of para-hydroxylation sites is 1. The van der Waals surface area contributed by atoms with Gasteiger partial charge in [-0.05, 0) is 36.2 Å². The number of nitrogens with zero attached hydrogens (tertiary/aromatic N) is 1. The molecule has 1 aromatic heterocycles. The first-order chi connectivity index (χ1) is 8.24. The molecule has 0 amide bonds. The molecule has 0 radical (unpaired) electrons. The number of benzene rings is 2. The molecule has 0 aliphatic rings. The highest BCUT2D eigenvalue weighted by Crippen LogP contribution is 2.29. The molecule has 2 N–H and O–H groups in total. The van der Waals surface area contributed by atoms with Crippen LogP contribution in [0.2, 0.25) is 0 Å². The second-order valence-electron chi connectivity index (χ2n) is 4.14. The maximum absolute atomic E-state index is 5.87. The van der Waals surface area contributed by atoms with Crippen LogP contribution in [0.4, 0.5) is 5.69 Å². The zero-order valence-corrected chi connectivity index (χ0v) is 9.47. The monoisotopic (exact) mass is 224 g/mol. The van der Waals surface area contributed by atoms with E-state index in [1.807, 2.05) is 37.3 Å². The van der Waals surface area contributed by atoms with Crippen LogP contribution in [0.1, 0.15) is 5.56 Å². The number of fused-ring (bicyclic) bond motifs is 1. The van der Waals surface area contributed by atoms with Crippen molar-refractivity contribution in [2.45, 2.75) is 6.92 Å². The molecule has 0 atom stereocenters. The van der Waals surface area contributed by atoms with Crippen LogP contribution in [-0.4, -0.2) is 4.98 Å². The topological polar surface area (TPSA) is 52.0 Å². The van der Waals surface area contributed by atoms with Crippen molar-refractivity contribution in [3.05, 3.63) is 48.4 Å². The Balaban J connectivity index is 2.30. The van der Waals surface area contributed by atoms with Crippen molar-refractivity contribution in [2.75, 3.05) is 5.73 Å². The van der Waals surface area contributed by atoms with Crippen LogP contribution in [0.3, 0.4) is 0 Å². The van der Waals surface area contributed by atoms with E-state index in [4.69, 9.17) is 10.2 Å². The van der Waals surface area contributed by atoms with Crippen LogP contribution in [0.15, 0.2) is 47.2 Å². The SMILES string of the molecule is Cc1cc(N)cc(-c2cccc3ocnc23)c1. The average molecular weight is 224 g/mol. The van der Waals surface area contributed by atoms with Crippen LogP contribution in [-0.2, 0) is 0 Å². The van der Waals surface area contributed by atoms with E-state index in [0.717, 1.165) is 33.5 Å². The van der Waals surface area contributed by atoms with Crippen molar-refractivity contribution in [1.82, 2.24) is 4.98 Å². The molecule has 0 unspecified atom stereocenters. The van der Waals surface area contributed by atoms with Gasteiger partial charge in [0.15, 0.2) is 12.0 Å². The van der Waals surface area contributed by atoms with Gasteiger partial charge in [-0.3, -0.25) is 0 Å². The quantitative estimate of drug-likeness (QED) is 0.644. The summed E-state index contributed by atoms with van der Waals surface area (Å²) in [5.41, 5.74) is 11.6. The molecule has 3 heteroatoms. The summed E-state index contributed by atoms with van der Waals surface area (Å²) >= 11 is 0. The van der Waals surface area contributed by atoms with E-state index >= 15 is 0 Å². The number of hydrogen-bond acceptors (Lipinski definition) is 3. The van der Waals surface area contributed by atoms with Crippen molar-refractivity contribution in [3.8, 4) is 11.1 Å². The van der Waals surface area contributed by atoms with Gasteiger partial charge in [-0.1, -0.05) is 18.2 Å². The summed E-state index contributed by atoms with van der Waals surface area (Å²) in [6, 6.07) is 11.9. The highest BCUT2D eigenvalue weighted by molar-refractivity contribution is 5.91. The van der Waals surface area contributed by atoms with Gasteiger partial charge in [0, 0.05) is 11.3 Å². The third kappa shape index (κ3) is 1.65. The lowest BCUT2D eigenvalue weighted by Gasteiger charge is -2.05. The van der Waals surface area contributed by atoms with E-state index in [0.29, 0.717) is 0 Å². The molecule has 3 rings (SSSR count). The van der Waals surface area contributed by atoms with E-state index in [1.54, 1.807) is 0 Å². The molecule has 84 valence electrons. The average Bonchev–Trinajstić information content (AvgIpc) is 2.75. The number of rotatable bonds is 1. The number of aryl methyl sites for hydroxylation is 1. The second-order valence-corrected chi connectivity index (χ2v) is 4.14. The Morgan fingerprint density at radius 3 is 2.88 bits per heavy atom. The van der Waals surface area contributed by atoms with Crippen LogP contribution in [0.25, 0.3) is 22.2 Å². The lowest BCUT2D eigenvalue weighted by atomic mass is 10.0. The lowest BCUT2D eigenvalue weighted by molar-refractivity contribution is 0.602. The smallest absolute Gasteiger partial charge is 0.182 e. The number of aromatic nitrogens is 1. The fourth-order valence-corrected chi connectivity index (χ4v) is 2.09. The van der Waals surface area contributed by atoms with Crippen LogP contribution in [0.5, 0.6) is 0 Å². The molecule has 0 saturated heterocycles. The molecule has 0 bridgehead atoms. The maximum atomic E-state index is 5.87. The largest absolute Gasteiger partial charge is 0.443 e. The third-order valence-corrected chi connectivity index (χ3v) is 2.77. The first kappa shape index (κ1) is 9.90. The van der Waals surface area contributed by atoms with E-state index < -0.39 is 0 Å². The fraction of sp³-hybridized carbons (Fsp3) is 0.0714. The zero-order chi connectivity index (χ0) is 11.8. The number of nitrogen functional groups attached to an aromatic ring is 1. The summed E-state index contributed by atoms with van der Waals surface area (Å²) in [6.07, 6.45) is 1.47. The Hall–Kier alpha value is -2.29. The maximum Gasteiger partial charge on any atom is 0.182 e. The van der Waals surface area contributed by atoms with Crippen molar-refractivity contribution in [1.29, 1.82) is 0 Å². The first-order valence-corrected chi connectivity index (χ1v) is 5.44. The van der Waals surface area contributed by atoms with E-state index in [1.165, 1.54) is 6.39 Å². The summed E-state index contributed by atoms with van der Waals surface area (Å²) in [6.45, 7) is 2.03. The zero-order valence-electron chi connectivity index (χ0n) is 9.47. The minimum absolute atomic E-state index is 0.764. The van der Waals surface area contributed by atoms with Gasteiger partial charge >= 0.3 is 0 Å². The minimum atomic E-state index is 0.764. The Bertz CT molecular complexity index is 665. The Morgan fingerprint density at radius 2 is 2.06 bits per heavy atom. The molecule has 0 saturated carbocycles. The second kappa shape index (κ2) is 3.63. The Morgan fingerprint density at radius 1 is 1.18 bits per heavy atom. The predicted octanol–water partition coefficient (Wildman–Crippen LogP) is 3.39. The molecular weight excluding hydrogens is 212 g/mol. The third-order valence-electron chi connectivity index (χ3n) is 2.77. The molecule has 0 aliphatic carbocycles. The van der Waals surface area contributed by atoms with Gasteiger partial charge in [-0.15, -0.1) is 0 Å². The Labute approximate surface area is 98.9 Å². The van der Waals surface area contributed by atoms with Gasteiger partial charge in [-0.25, -0.2) is 4.98 Å². The standard InChI is InChI=1S/C14H12N2O/c1-9-5-10(7-11(15)6-9)12-3-2-4-13-14(12)16-8-17-13/h2-8H,15H2,1H3. The van der Waals surface area contributed by atoms with Crippen molar-refractivity contribution >= 4 is 16.8 Å². The number of oxazole rings is 1. The van der Waals surface area contributed by atoms with Gasteiger partial charge in [0.25, 0.3) is 0 Å². The predicted molar refractivity (Wildman–Crippen MR) is 68.6 cm³/mol. The first-order valence-electron chi connectivity index (χ1n) is 5.44. The lowest BCUT2D eigenvalue weighted by Crippen LogP contribution is -1.88. The molecule has 0 fully saturated rings. The van der Waals surface area contributed by atoms with Crippen molar-refractivity contribution in [3.63, 3.8) is 0 Å². The molecule has 3 aromatic rings. The van der Waals surface area contributed by atoms with E-state index in [9.17, 15) is 0 Å². The van der Waals surface area contributed by atoms with E-state index in [2.05, 4.69) is 11.1 Å². The highest BCUT2D eigenvalue weighted by Gasteiger charge is 2.07. The molecule has 0 aliphatic heterocycles. The van der Waals surface area contributed by atoms with Crippen molar-refractivity contribution in [2.24, 2.45) is 0 Å². The van der Waals surface area contributed by atoms with Gasteiger partial charge < -0.3 is 10.2 Å². The normalized spacial score (nSPS) is 10.9. The molecule has 1 heterocycles. The molecule has 3 nitrogen and oxygen atoms in total. The van der Waals surface area contributed by atoms with Gasteiger partial charge in [0.2, 0.25) is 0 Å². The number of anilines is 1. The molecule has 0 spiro atoms. The molecule has 17 heavy (non-hydrogen) atoms. The fourth-order valence-electron chi connectivity index (χ4n) is 2.09. The summed E-state index contributed by atoms with van der Waals surface area (Å²) in [5.74, 6) is 0. The van der Waals surface area contributed by atoms with Crippen LogP contribution < -0.4 is 5.73 Å². The Kier molecular flexibility index (Phi) is 2.11. The van der Waals surface area contributed by atoms with Crippen LogP contribution >= 0.6 is 0 Å². The van der Waals surface area contributed by atoms with Crippen LogP contribution in [0, 0.1) is 6.92 Å². The van der Waals surface area contributed by atoms with Crippen molar-refractivity contribution < 1.29 is 4.42 Å². The minimum Gasteiger partial charge on any atom is -0.443 e. The summed E-state index contributed by atoms with van der Waals surface area (Å²) in [5, 5.41) is 0. The molecular formula is C14H12N2O. The summed E-state index contributed by atoms with van der Waals surface area (Å²) in [4.78, 5) is 4.25. The summed E-state index contributed by atoms with van der Waals surface area (Å²) < 4.78 is 5.30. The number of hydrogen-bond donors (Lipinski definition) is 1. The van der Waals surface area contributed by atoms with E-state index in [-0.39, 0.29) is 0 Å². The molecule has 2 aromatic carbocycles.